The van der Waals surface area contributed by atoms with Crippen LogP contribution in [0.5, 0.6) is 0 Å². The number of nitrogens with one attached hydrogen (secondary N) is 2. The molecule has 0 aromatic heterocycles. The summed E-state index contributed by atoms with van der Waals surface area (Å²) in [5.41, 5.74) is 1.91. The first kappa shape index (κ1) is 25.9. The summed E-state index contributed by atoms with van der Waals surface area (Å²) in [6.07, 6.45) is 0.757. The van der Waals surface area contributed by atoms with Crippen LogP contribution < -0.4 is 10.6 Å². The molecule has 2 aromatic carbocycles. The zero-order valence-electron chi connectivity index (χ0n) is 20.4. The third-order valence-corrected chi connectivity index (χ3v) is 6.18. The van der Waals surface area contributed by atoms with E-state index in [4.69, 9.17) is 4.74 Å². The van der Waals surface area contributed by atoms with Crippen LogP contribution in [0.2, 0.25) is 0 Å². The third kappa shape index (κ3) is 6.91. The molecule has 2 N–H and O–H groups in total. The van der Waals surface area contributed by atoms with Crippen LogP contribution >= 0.6 is 0 Å². The number of carbonyl (C=O) groups excluding carboxylic acids is 4. The maximum atomic E-state index is 13.1. The van der Waals surface area contributed by atoms with E-state index in [-0.39, 0.29) is 43.2 Å². The van der Waals surface area contributed by atoms with E-state index in [0.717, 1.165) is 11.1 Å². The van der Waals surface area contributed by atoms with E-state index in [1.165, 1.54) is 7.11 Å². The molecule has 1 heterocycles. The van der Waals surface area contributed by atoms with Gasteiger partial charge < -0.3 is 20.3 Å². The van der Waals surface area contributed by atoms with Crippen molar-refractivity contribution in [2.45, 2.75) is 51.2 Å². The Bertz CT molecular complexity index is 1030. The Hall–Kier alpha value is -3.68. The van der Waals surface area contributed by atoms with Gasteiger partial charge in [0.15, 0.2) is 0 Å². The smallest absolute Gasteiger partial charge is 0.328 e. The first-order valence-electron chi connectivity index (χ1n) is 11.9. The van der Waals surface area contributed by atoms with Gasteiger partial charge in [0.05, 0.1) is 19.6 Å². The molecule has 2 aromatic rings. The number of hydrogen-bond acceptors (Lipinski definition) is 5. The number of benzene rings is 2. The van der Waals surface area contributed by atoms with Crippen molar-refractivity contribution in [3.63, 3.8) is 0 Å². The van der Waals surface area contributed by atoms with Crippen LogP contribution in [0.1, 0.15) is 43.9 Å². The Balaban J connectivity index is 1.65. The SMILES string of the molecule is COC(=O)[C@@H](NC(=O)[C@H](Cc1ccccc1)NC(=O)CCN1C(=O)CC1c1ccccc1)C(C)C. The average molecular weight is 480 g/mol. The van der Waals surface area contributed by atoms with Crippen molar-refractivity contribution in [1.82, 2.24) is 15.5 Å². The lowest BCUT2D eigenvalue weighted by Crippen LogP contribution is -2.54. The van der Waals surface area contributed by atoms with Crippen molar-refractivity contribution in [2.75, 3.05) is 13.7 Å². The lowest BCUT2D eigenvalue weighted by molar-refractivity contribution is -0.147. The van der Waals surface area contributed by atoms with Crippen molar-refractivity contribution in [2.24, 2.45) is 5.92 Å². The molecule has 0 saturated carbocycles. The van der Waals surface area contributed by atoms with Crippen LogP contribution in [0.4, 0.5) is 0 Å². The molecule has 1 fully saturated rings. The van der Waals surface area contributed by atoms with Gasteiger partial charge in [-0.3, -0.25) is 14.4 Å². The minimum atomic E-state index is -0.882. The number of ether oxygens (including phenoxy) is 1. The van der Waals surface area contributed by atoms with E-state index in [9.17, 15) is 19.2 Å². The summed E-state index contributed by atoms with van der Waals surface area (Å²) in [6, 6.07) is 17.3. The summed E-state index contributed by atoms with van der Waals surface area (Å²) >= 11 is 0. The molecule has 1 aliphatic rings. The van der Waals surface area contributed by atoms with Gasteiger partial charge in [0.25, 0.3) is 0 Å². The lowest BCUT2D eigenvalue weighted by atomic mass is 9.93. The largest absolute Gasteiger partial charge is 0.467 e. The summed E-state index contributed by atoms with van der Waals surface area (Å²) in [5.74, 6) is -1.53. The minimum absolute atomic E-state index is 0.00286. The van der Waals surface area contributed by atoms with Gasteiger partial charge in [0.1, 0.15) is 12.1 Å². The van der Waals surface area contributed by atoms with Crippen molar-refractivity contribution in [3.05, 3.63) is 71.8 Å². The number of rotatable bonds is 11. The topological polar surface area (TPSA) is 105 Å². The van der Waals surface area contributed by atoms with Crippen LogP contribution in [0, 0.1) is 5.92 Å². The van der Waals surface area contributed by atoms with Crippen molar-refractivity contribution in [1.29, 1.82) is 0 Å². The molecule has 0 spiro atoms. The van der Waals surface area contributed by atoms with E-state index >= 15 is 0 Å². The highest BCUT2D eigenvalue weighted by molar-refractivity contribution is 5.91. The van der Waals surface area contributed by atoms with Crippen LogP contribution in [0.25, 0.3) is 0 Å². The maximum Gasteiger partial charge on any atom is 0.328 e. The molecule has 1 unspecified atom stereocenters. The van der Waals surface area contributed by atoms with Gasteiger partial charge in [0.2, 0.25) is 17.7 Å². The summed E-state index contributed by atoms with van der Waals surface area (Å²) in [5, 5.41) is 5.52. The summed E-state index contributed by atoms with van der Waals surface area (Å²) in [4.78, 5) is 51.9. The van der Waals surface area contributed by atoms with Gasteiger partial charge >= 0.3 is 5.97 Å². The van der Waals surface area contributed by atoms with Gasteiger partial charge in [-0.25, -0.2) is 4.79 Å². The molecular formula is C27H33N3O5. The highest BCUT2D eigenvalue weighted by Crippen LogP contribution is 2.34. The third-order valence-electron chi connectivity index (χ3n) is 6.18. The predicted octanol–water partition coefficient (Wildman–Crippen LogP) is 2.39. The fraction of sp³-hybridized carbons (Fsp3) is 0.407. The highest BCUT2D eigenvalue weighted by Gasteiger charge is 2.37. The Labute approximate surface area is 206 Å². The molecule has 3 amide bonds. The quantitative estimate of drug-likeness (QED) is 0.380. The van der Waals surface area contributed by atoms with Gasteiger partial charge in [0, 0.05) is 19.4 Å². The second-order valence-electron chi connectivity index (χ2n) is 9.03. The Kier molecular flexibility index (Phi) is 9.00. The molecule has 3 atom stereocenters. The molecule has 1 saturated heterocycles. The molecule has 3 rings (SSSR count). The zero-order valence-corrected chi connectivity index (χ0v) is 20.4. The number of amides is 3. The van der Waals surface area contributed by atoms with Gasteiger partial charge in [-0.05, 0) is 17.0 Å². The molecule has 186 valence electrons. The van der Waals surface area contributed by atoms with Crippen molar-refractivity contribution < 1.29 is 23.9 Å². The molecule has 8 nitrogen and oxygen atoms in total. The van der Waals surface area contributed by atoms with Crippen LogP contribution in [-0.4, -0.2) is 54.3 Å². The Morgan fingerprint density at radius 1 is 1.00 bits per heavy atom. The van der Waals surface area contributed by atoms with E-state index in [1.54, 1.807) is 18.7 Å². The first-order chi connectivity index (χ1) is 16.8. The molecule has 0 radical (unpaired) electrons. The lowest BCUT2D eigenvalue weighted by Gasteiger charge is -2.40. The minimum Gasteiger partial charge on any atom is -0.467 e. The Morgan fingerprint density at radius 3 is 2.20 bits per heavy atom. The number of methoxy groups -OCH3 is 1. The van der Waals surface area contributed by atoms with Gasteiger partial charge in [-0.1, -0.05) is 74.5 Å². The van der Waals surface area contributed by atoms with E-state index in [0.29, 0.717) is 6.42 Å². The number of esters is 1. The monoisotopic (exact) mass is 479 g/mol. The summed E-state index contributed by atoms with van der Waals surface area (Å²) in [6.45, 7) is 3.88. The van der Waals surface area contributed by atoms with Crippen LogP contribution in [0.3, 0.4) is 0 Å². The van der Waals surface area contributed by atoms with Crippen LogP contribution in [-0.2, 0) is 30.3 Å². The molecular weight excluding hydrogens is 446 g/mol. The number of nitrogens with zero attached hydrogens (tertiary/aromatic N) is 1. The normalized spacial score (nSPS) is 16.7. The van der Waals surface area contributed by atoms with E-state index < -0.39 is 24.0 Å². The summed E-state index contributed by atoms with van der Waals surface area (Å²) in [7, 11) is 1.27. The number of carbonyl (C=O) groups is 4. The highest BCUT2D eigenvalue weighted by atomic mass is 16.5. The number of β-lactam (4-membered cyclic amide) rings is 1. The van der Waals surface area contributed by atoms with E-state index in [1.807, 2.05) is 60.7 Å². The Morgan fingerprint density at radius 2 is 1.63 bits per heavy atom. The van der Waals surface area contributed by atoms with Gasteiger partial charge in [-0.2, -0.15) is 0 Å². The standard InChI is InChI=1S/C27H33N3O5/c1-18(2)25(27(34)35-3)29-26(33)21(16-19-10-6-4-7-11-19)28-23(31)14-15-30-22(17-24(30)32)20-12-8-5-9-13-20/h4-13,18,21-22,25H,14-17H2,1-3H3,(H,28,31)(H,29,33)/t21-,22?,25-/m0/s1. The van der Waals surface area contributed by atoms with Crippen molar-refractivity contribution in [3.8, 4) is 0 Å². The second-order valence-corrected chi connectivity index (χ2v) is 9.03. The molecule has 35 heavy (non-hydrogen) atoms. The molecule has 0 bridgehead atoms. The number of likely N-dealkylation sites (tertiary alicyclic amines) is 1. The second kappa shape index (κ2) is 12.1. The van der Waals surface area contributed by atoms with Crippen LogP contribution in [0.15, 0.2) is 60.7 Å². The predicted molar refractivity (Wildman–Crippen MR) is 131 cm³/mol. The maximum absolute atomic E-state index is 13.1. The summed E-state index contributed by atoms with van der Waals surface area (Å²) < 4.78 is 4.82. The average Bonchev–Trinajstić information content (AvgIpc) is 2.85. The first-order valence-corrected chi connectivity index (χ1v) is 11.9. The molecule has 8 heteroatoms. The van der Waals surface area contributed by atoms with E-state index in [2.05, 4.69) is 10.6 Å². The van der Waals surface area contributed by atoms with Gasteiger partial charge in [-0.15, -0.1) is 0 Å². The molecule has 1 aliphatic heterocycles. The number of hydrogen-bond donors (Lipinski definition) is 2. The fourth-order valence-corrected chi connectivity index (χ4v) is 4.13. The van der Waals surface area contributed by atoms with Crippen molar-refractivity contribution >= 4 is 23.7 Å². The fourth-order valence-electron chi connectivity index (χ4n) is 4.13. The molecule has 0 aliphatic carbocycles. The zero-order chi connectivity index (χ0) is 25.4.